The van der Waals surface area contributed by atoms with Crippen LogP contribution >= 0.6 is 0 Å². The zero-order valence-electron chi connectivity index (χ0n) is 19.5. The Kier molecular flexibility index (Phi) is 6.41. The number of aromatic hydroxyl groups is 1. The van der Waals surface area contributed by atoms with Crippen molar-refractivity contribution in [1.29, 1.82) is 0 Å². The monoisotopic (exact) mass is 445 g/mol. The molecule has 0 aromatic heterocycles. The van der Waals surface area contributed by atoms with Crippen LogP contribution in [0.3, 0.4) is 0 Å². The van der Waals surface area contributed by atoms with E-state index in [0.717, 1.165) is 22.0 Å². The maximum absolute atomic E-state index is 13.4. The van der Waals surface area contributed by atoms with Crippen LogP contribution in [-0.2, 0) is 20.7 Å². The van der Waals surface area contributed by atoms with E-state index < -0.39 is 17.6 Å². The first-order chi connectivity index (χ1) is 15.8. The molecule has 3 aromatic rings. The van der Waals surface area contributed by atoms with Gasteiger partial charge in [-0.2, -0.15) is 0 Å². The van der Waals surface area contributed by atoms with Crippen LogP contribution in [0.1, 0.15) is 39.2 Å². The normalized spacial score (nSPS) is 20.8. The molecule has 1 N–H and O–H groups in total. The molecule has 0 saturated carbocycles. The van der Waals surface area contributed by atoms with Gasteiger partial charge in [0.1, 0.15) is 11.4 Å². The highest BCUT2D eigenvalue weighted by Gasteiger charge is 2.50. The number of esters is 1. The number of carbonyl (C=O) groups is 2. The van der Waals surface area contributed by atoms with Gasteiger partial charge in [0.2, 0.25) is 0 Å². The largest absolute Gasteiger partial charge is 0.508 e. The molecule has 0 aliphatic carbocycles. The highest BCUT2D eigenvalue weighted by Crippen LogP contribution is 2.38. The van der Waals surface area contributed by atoms with Gasteiger partial charge in [-0.3, -0.25) is 4.79 Å². The van der Waals surface area contributed by atoms with Gasteiger partial charge in [0.05, 0.1) is 0 Å². The van der Waals surface area contributed by atoms with Crippen LogP contribution in [0.5, 0.6) is 5.75 Å². The minimum absolute atomic E-state index is 0.000731. The minimum atomic E-state index is -0.934. The van der Waals surface area contributed by atoms with Gasteiger partial charge in [0, 0.05) is 18.7 Å². The van der Waals surface area contributed by atoms with E-state index in [1.165, 1.54) is 0 Å². The molecule has 1 heterocycles. The second-order valence-corrected chi connectivity index (χ2v) is 9.17. The molecule has 0 spiro atoms. The summed E-state index contributed by atoms with van der Waals surface area (Å²) in [5, 5.41) is 11.7. The Bertz CT molecular complexity index is 1130. The highest BCUT2D eigenvalue weighted by molar-refractivity contribution is 6.08. The molecule has 33 heavy (non-hydrogen) atoms. The summed E-state index contributed by atoms with van der Waals surface area (Å²) < 4.78 is 6.10. The molecule has 1 aliphatic heterocycles. The fourth-order valence-corrected chi connectivity index (χ4v) is 4.75. The Morgan fingerprint density at radius 1 is 1.03 bits per heavy atom. The number of ketones is 1. The Morgan fingerprint density at radius 2 is 1.73 bits per heavy atom. The van der Waals surface area contributed by atoms with Crippen molar-refractivity contribution in [2.75, 3.05) is 11.4 Å². The van der Waals surface area contributed by atoms with E-state index in [4.69, 9.17) is 4.74 Å². The topological polar surface area (TPSA) is 66.8 Å². The Hall–Kier alpha value is -3.34. The fraction of sp³-hybridized carbons (Fsp3) is 0.357. The molecule has 0 radical (unpaired) electrons. The number of likely N-dealkylation sites (N-methyl/N-ethyl adjacent to an activating group) is 1. The first-order valence-corrected chi connectivity index (χ1v) is 11.6. The number of phenols is 1. The quantitative estimate of drug-likeness (QED) is 0.396. The Balaban J connectivity index is 1.57. The summed E-state index contributed by atoms with van der Waals surface area (Å²) in [6.45, 7) is 6.47. The predicted molar refractivity (Wildman–Crippen MR) is 130 cm³/mol. The molecule has 1 aliphatic rings. The number of Topliss-reactive ketones (excluding diaryl/α,β-unsaturated/α-hetero) is 1. The van der Waals surface area contributed by atoms with Gasteiger partial charge in [-0.25, -0.2) is 4.79 Å². The van der Waals surface area contributed by atoms with Gasteiger partial charge in [-0.05, 0) is 66.3 Å². The molecule has 1 saturated heterocycles. The number of carbonyl (C=O) groups excluding carboxylic acids is 2. The lowest BCUT2D eigenvalue weighted by atomic mass is 9.77. The summed E-state index contributed by atoms with van der Waals surface area (Å²) in [6.07, 6.45) is 1.41. The number of rotatable bonds is 7. The van der Waals surface area contributed by atoms with Crippen LogP contribution in [0.2, 0.25) is 0 Å². The number of benzene rings is 3. The highest BCUT2D eigenvalue weighted by atomic mass is 16.6. The van der Waals surface area contributed by atoms with Crippen molar-refractivity contribution in [2.45, 2.75) is 51.7 Å². The first kappa shape index (κ1) is 22.8. The van der Waals surface area contributed by atoms with Crippen molar-refractivity contribution in [3.63, 3.8) is 0 Å². The molecule has 3 aromatic carbocycles. The third kappa shape index (κ3) is 4.58. The molecule has 0 bridgehead atoms. The number of cyclic esters (lactones) is 1. The van der Waals surface area contributed by atoms with Crippen LogP contribution in [0.25, 0.3) is 10.8 Å². The van der Waals surface area contributed by atoms with Crippen LogP contribution in [0.4, 0.5) is 5.69 Å². The number of phenolic OH excluding ortho intramolecular Hbond substituents is 1. The standard InChI is InChI=1S/C28H31NO4/c1-4-29(23-12-11-21-7-5-6-8-22(21)17-23)26-25(31)18-28(19(2)3,33-27(26)32)16-15-20-9-13-24(30)14-10-20/h5-14,17,19,26,30H,4,15-16,18H2,1-3H3. The molecule has 2 atom stereocenters. The number of hydrogen-bond donors (Lipinski definition) is 1. The van der Waals surface area contributed by atoms with E-state index in [2.05, 4.69) is 0 Å². The molecule has 172 valence electrons. The molecule has 1 fully saturated rings. The van der Waals surface area contributed by atoms with Crippen molar-refractivity contribution in [2.24, 2.45) is 5.92 Å². The SMILES string of the molecule is CCN(c1ccc2ccccc2c1)C1C(=O)CC(CCc2ccc(O)cc2)(C(C)C)OC1=O. The third-order valence-corrected chi connectivity index (χ3v) is 6.85. The van der Waals surface area contributed by atoms with E-state index in [1.807, 2.05) is 80.3 Å². The van der Waals surface area contributed by atoms with Crippen LogP contribution in [0.15, 0.2) is 66.7 Å². The molecular weight excluding hydrogens is 414 g/mol. The molecule has 5 nitrogen and oxygen atoms in total. The lowest BCUT2D eigenvalue weighted by Crippen LogP contribution is -2.59. The summed E-state index contributed by atoms with van der Waals surface area (Å²) in [6, 6.07) is 20.1. The van der Waals surface area contributed by atoms with E-state index in [9.17, 15) is 14.7 Å². The molecule has 2 unspecified atom stereocenters. The van der Waals surface area contributed by atoms with E-state index in [1.54, 1.807) is 12.1 Å². The van der Waals surface area contributed by atoms with Crippen LogP contribution in [0, 0.1) is 5.92 Å². The van der Waals surface area contributed by atoms with Gasteiger partial charge in [-0.15, -0.1) is 0 Å². The van der Waals surface area contributed by atoms with Crippen molar-refractivity contribution in [3.8, 4) is 5.75 Å². The van der Waals surface area contributed by atoms with Crippen LogP contribution < -0.4 is 4.90 Å². The van der Waals surface area contributed by atoms with Gasteiger partial charge in [0.25, 0.3) is 0 Å². The average molecular weight is 446 g/mol. The summed E-state index contributed by atoms with van der Waals surface area (Å²) in [5.74, 6) is -0.353. The van der Waals surface area contributed by atoms with Crippen molar-refractivity contribution >= 4 is 28.2 Å². The summed E-state index contributed by atoms with van der Waals surface area (Å²) in [4.78, 5) is 28.6. The molecule has 0 amide bonds. The second kappa shape index (κ2) is 9.26. The van der Waals surface area contributed by atoms with E-state index in [0.29, 0.717) is 19.4 Å². The van der Waals surface area contributed by atoms with Gasteiger partial charge in [0.15, 0.2) is 11.8 Å². The summed E-state index contributed by atoms with van der Waals surface area (Å²) >= 11 is 0. The first-order valence-electron chi connectivity index (χ1n) is 11.6. The van der Waals surface area contributed by atoms with Gasteiger partial charge < -0.3 is 14.7 Å². The van der Waals surface area contributed by atoms with Gasteiger partial charge in [-0.1, -0.05) is 56.3 Å². The zero-order chi connectivity index (χ0) is 23.6. The van der Waals surface area contributed by atoms with Crippen molar-refractivity contribution in [1.82, 2.24) is 0 Å². The van der Waals surface area contributed by atoms with E-state index >= 15 is 0 Å². The summed E-state index contributed by atoms with van der Waals surface area (Å²) in [5.41, 5.74) is 1.04. The van der Waals surface area contributed by atoms with Crippen molar-refractivity contribution in [3.05, 3.63) is 72.3 Å². The predicted octanol–water partition coefficient (Wildman–Crippen LogP) is 5.28. The number of ether oxygens (including phenoxy) is 1. The lowest BCUT2D eigenvalue weighted by Gasteiger charge is -2.44. The maximum Gasteiger partial charge on any atom is 0.337 e. The summed E-state index contributed by atoms with van der Waals surface area (Å²) in [7, 11) is 0. The average Bonchev–Trinajstić information content (AvgIpc) is 2.80. The second-order valence-electron chi connectivity index (χ2n) is 9.17. The van der Waals surface area contributed by atoms with E-state index in [-0.39, 0.29) is 23.9 Å². The Labute approximate surface area is 195 Å². The number of fused-ring (bicyclic) bond motifs is 1. The minimum Gasteiger partial charge on any atom is -0.508 e. The zero-order valence-corrected chi connectivity index (χ0v) is 19.5. The number of nitrogens with zero attached hydrogens (tertiary/aromatic N) is 1. The maximum atomic E-state index is 13.4. The molecular formula is C28H31NO4. The molecule has 4 rings (SSSR count). The van der Waals surface area contributed by atoms with Crippen LogP contribution in [-0.4, -0.2) is 35.0 Å². The molecule has 5 heteroatoms. The fourth-order valence-electron chi connectivity index (χ4n) is 4.75. The number of hydrogen-bond acceptors (Lipinski definition) is 5. The smallest absolute Gasteiger partial charge is 0.337 e. The van der Waals surface area contributed by atoms with Crippen molar-refractivity contribution < 1.29 is 19.4 Å². The number of anilines is 1. The Morgan fingerprint density at radius 3 is 2.36 bits per heavy atom. The lowest BCUT2D eigenvalue weighted by molar-refractivity contribution is -0.179. The number of aryl methyl sites for hydroxylation is 1. The third-order valence-electron chi connectivity index (χ3n) is 6.85. The van der Waals surface area contributed by atoms with Gasteiger partial charge >= 0.3 is 5.97 Å².